The number of hydrogen-bond acceptors (Lipinski definition) is 7. The van der Waals surface area contributed by atoms with Crippen molar-refractivity contribution in [2.24, 2.45) is 0 Å². The summed E-state index contributed by atoms with van der Waals surface area (Å²) in [6.45, 7) is 5.35. The molecule has 0 amide bonds. The molecule has 0 unspecified atom stereocenters. The number of carbonyl (C=O) groups is 1. The highest BCUT2D eigenvalue weighted by atomic mass is 32.1. The Kier molecular flexibility index (Phi) is 4.24. The molecule has 2 rings (SSSR count). The number of nitriles is 1. The fourth-order valence-electron chi connectivity index (χ4n) is 1.98. The molecular weight excluding hydrogens is 264 g/mol. The molecule has 1 saturated heterocycles. The van der Waals surface area contributed by atoms with E-state index in [0.717, 1.165) is 31.2 Å². The summed E-state index contributed by atoms with van der Waals surface area (Å²) in [5.74, 6) is -0.456. The van der Waals surface area contributed by atoms with Crippen molar-refractivity contribution >= 4 is 28.0 Å². The average Bonchev–Trinajstić information content (AvgIpc) is 2.77. The summed E-state index contributed by atoms with van der Waals surface area (Å²) in [7, 11) is 0. The highest BCUT2D eigenvalue weighted by Crippen LogP contribution is 2.38. The second-order valence-electron chi connectivity index (χ2n) is 4.09. The van der Waals surface area contributed by atoms with E-state index < -0.39 is 5.97 Å². The third-order valence-electron chi connectivity index (χ3n) is 2.90. The van der Waals surface area contributed by atoms with E-state index in [4.69, 9.17) is 10.5 Å². The number of carbonyl (C=O) groups excluding carboxylic acids is 1. The van der Waals surface area contributed by atoms with Gasteiger partial charge in [0.2, 0.25) is 0 Å². The smallest absolute Gasteiger partial charge is 0.350 e. The molecule has 0 bridgehead atoms. The molecular formula is C12H16N4O2S. The van der Waals surface area contributed by atoms with Gasteiger partial charge < -0.3 is 20.7 Å². The molecule has 102 valence electrons. The van der Waals surface area contributed by atoms with Crippen molar-refractivity contribution in [3.8, 4) is 6.07 Å². The molecule has 3 N–H and O–H groups in total. The first-order valence-electron chi connectivity index (χ1n) is 6.14. The maximum absolute atomic E-state index is 11.8. The van der Waals surface area contributed by atoms with Gasteiger partial charge in [-0.1, -0.05) is 0 Å². The van der Waals surface area contributed by atoms with Crippen LogP contribution in [0.25, 0.3) is 0 Å². The Morgan fingerprint density at radius 3 is 2.84 bits per heavy atom. The van der Waals surface area contributed by atoms with Gasteiger partial charge in [0.05, 0.1) is 12.3 Å². The van der Waals surface area contributed by atoms with E-state index in [1.54, 1.807) is 6.92 Å². The number of hydrogen-bond donors (Lipinski definition) is 2. The van der Waals surface area contributed by atoms with Gasteiger partial charge >= 0.3 is 5.97 Å². The van der Waals surface area contributed by atoms with Gasteiger partial charge in [-0.05, 0) is 6.92 Å². The molecule has 1 aromatic rings. The van der Waals surface area contributed by atoms with Crippen molar-refractivity contribution in [3.63, 3.8) is 0 Å². The average molecular weight is 280 g/mol. The van der Waals surface area contributed by atoms with Crippen LogP contribution >= 0.6 is 11.3 Å². The molecule has 6 nitrogen and oxygen atoms in total. The molecule has 1 aliphatic heterocycles. The normalized spacial score (nSPS) is 15.1. The van der Waals surface area contributed by atoms with E-state index in [1.165, 1.54) is 11.3 Å². The molecule has 0 aliphatic carbocycles. The van der Waals surface area contributed by atoms with Gasteiger partial charge in [-0.25, -0.2) is 4.79 Å². The van der Waals surface area contributed by atoms with E-state index in [-0.39, 0.29) is 5.69 Å². The number of esters is 1. The number of thiophene rings is 1. The molecule has 1 aromatic heterocycles. The lowest BCUT2D eigenvalue weighted by atomic mass is 10.2. The number of nitrogen functional groups attached to an aromatic ring is 1. The van der Waals surface area contributed by atoms with Gasteiger partial charge in [-0.2, -0.15) is 5.26 Å². The van der Waals surface area contributed by atoms with Gasteiger partial charge in [0, 0.05) is 26.2 Å². The SMILES string of the molecule is CCOC(=O)c1sc(N2CCNCC2)c(C#N)c1N. The Hall–Kier alpha value is -1.78. The van der Waals surface area contributed by atoms with Crippen LogP contribution in [-0.2, 0) is 4.74 Å². The van der Waals surface area contributed by atoms with Crippen LogP contribution in [0.3, 0.4) is 0 Å². The second kappa shape index (κ2) is 5.91. The van der Waals surface area contributed by atoms with Crippen LogP contribution < -0.4 is 16.0 Å². The first kappa shape index (κ1) is 13.6. The summed E-state index contributed by atoms with van der Waals surface area (Å²) in [6, 6.07) is 2.09. The summed E-state index contributed by atoms with van der Waals surface area (Å²) in [4.78, 5) is 14.2. The number of nitrogens with zero attached hydrogens (tertiary/aromatic N) is 2. The number of ether oxygens (including phenoxy) is 1. The second-order valence-corrected chi connectivity index (χ2v) is 5.09. The van der Waals surface area contributed by atoms with Crippen LogP contribution in [0.1, 0.15) is 22.2 Å². The number of nitrogens with two attached hydrogens (primary N) is 1. The fourth-order valence-corrected chi connectivity index (χ4v) is 3.10. The van der Waals surface area contributed by atoms with E-state index in [9.17, 15) is 10.1 Å². The third-order valence-corrected chi connectivity index (χ3v) is 4.15. The molecule has 0 aromatic carbocycles. The van der Waals surface area contributed by atoms with Crippen molar-refractivity contribution in [2.45, 2.75) is 6.92 Å². The van der Waals surface area contributed by atoms with Crippen molar-refractivity contribution in [3.05, 3.63) is 10.4 Å². The zero-order valence-electron chi connectivity index (χ0n) is 10.7. The minimum atomic E-state index is -0.456. The molecule has 2 heterocycles. The van der Waals surface area contributed by atoms with Gasteiger partial charge in [0.15, 0.2) is 0 Å². The Labute approximate surface area is 115 Å². The summed E-state index contributed by atoms with van der Waals surface area (Å²) >= 11 is 1.24. The van der Waals surface area contributed by atoms with Crippen LogP contribution in [0.5, 0.6) is 0 Å². The Morgan fingerprint density at radius 2 is 2.26 bits per heavy atom. The van der Waals surface area contributed by atoms with Crippen LogP contribution in [0.4, 0.5) is 10.7 Å². The number of rotatable bonds is 3. The zero-order valence-corrected chi connectivity index (χ0v) is 11.5. The van der Waals surface area contributed by atoms with Crippen molar-refractivity contribution < 1.29 is 9.53 Å². The lowest BCUT2D eigenvalue weighted by Gasteiger charge is -2.28. The monoisotopic (exact) mass is 280 g/mol. The first-order chi connectivity index (χ1) is 9.19. The topological polar surface area (TPSA) is 91.4 Å². The molecule has 0 radical (unpaired) electrons. The minimum Gasteiger partial charge on any atom is -0.462 e. The predicted octanol–water partition coefficient (Wildman–Crippen LogP) is 0.788. The Balaban J connectivity index is 2.35. The van der Waals surface area contributed by atoms with Gasteiger partial charge in [-0.15, -0.1) is 11.3 Å². The molecule has 0 saturated carbocycles. The van der Waals surface area contributed by atoms with E-state index in [1.807, 2.05) is 0 Å². The lowest BCUT2D eigenvalue weighted by molar-refractivity contribution is 0.0533. The van der Waals surface area contributed by atoms with Crippen LogP contribution in [0.15, 0.2) is 0 Å². The summed E-state index contributed by atoms with van der Waals surface area (Å²) in [5, 5.41) is 13.2. The molecule has 1 aliphatic rings. The highest BCUT2D eigenvalue weighted by molar-refractivity contribution is 7.18. The van der Waals surface area contributed by atoms with E-state index >= 15 is 0 Å². The van der Waals surface area contributed by atoms with Gasteiger partial charge in [0.1, 0.15) is 21.5 Å². The number of nitrogens with one attached hydrogen (secondary N) is 1. The standard InChI is InChI=1S/C12H16N4O2S/c1-2-18-12(17)10-9(14)8(7-13)11(19-10)16-5-3-15-4-6-16/h15H,2-6,14H2,1H3. The van der Waals surface area contributed by atoms with Gasteiger partial charge in [-0.3, -0.25) is 0 Å². The maximum atomic E-state index is 11.8. The van der Waals surface area contributed by atoms with Gasteiger partial charge in [0.25, 0.3) is 0 Å². The molecule has 19 heavy (non-hydrogen) atoms. The van der Waals surface area contributed by atoms with Crippen molar-refractivity contribution in [2.75, 3.05) is 43.4 Å². The Bertz CT molecular complexity index is 515. The molecule has 0 atom stereocenters. The van der Waals surface area contributed by atoms with Crippen molar-refractivity contribution in [1.82, 2.24) is 5.32 Å². The van der Waals surface area contributed by atoms with Crippen LogP contribution in [0, 0.1) is 11.3 Å². The van der Waals surface area contributed by atoms with E-state index in [0.29, 0.717) is 17.0 Å². The van der Waals surface area contributed by atoms with Crippen LogP contribution in [0.2, 0.25) is 0 Å². The Morgan fingerprint density at radius 1 is 1.58 bits per heavy atom. The molecule has 7 heteroatoms. The summed E-state index contributed by atoms with van der Waals surface area (Å²) < 4.78 is 4.96. The first-order valence-corrected chi connectivity index (χ1v) is 6.95. The predicted molar refractivity (Wildman–Crippen MR) is 74.5 cm³/mol. The largest absolute Gasteiger partial charge is 0.462 e. The molecule has 0 spiro atoms. The quantitative estimate of drug-likeness (QED) is 0.795. The summed E-state index contributed by atoms with van der Waals surface area (Å²) in [5.41, 5.74) is 6.52. The number of piperazine rings is 1. The third kappa shape index (κ3) is 2.64. The molecule has 1 fully saturated rings. The minimum absolute atomic E-state index is 0.236. The summed E-state index contributed by atoms with van der Waals surface area (Å²) in [6.07, 6.45) is 0. The number of anilines is 2. The highest BCUT2D eigenvalue weighted by Gasteiger charge is 2.25. The van der Waals surface area contributed by atoms with Crippen molar-refractivity contribution in [1.29, 1.82) is 5.26 Å². The zero-order chi connectivity index (χ0) is 13.8. The fraction of sp³-hybridized carbons (Fsp3) is 0.500. The lowest BCUT2D eigenvalue weighted by Crippen LogP contribution is -2.43. The van der Waals surface area contributed by atoms with Crippen LogP contribution in [-0.4, -0.2) is 38.8 Å². The maximum Gasteiger partial charge on any atom is 0.350 e. The van der Waals surface area contributed by atoms with E-state index in [2.05, 4.69) is 16.3 Å².